The first kappa shape index (κ1) is 18.0. The monoisotopic (exact) mass is 387 g/mol. The third-order valence-corrected chi connectivity index (χ3v) is 5.88. The molecule has 142 valence electrons. The molecule has 0 bridgehead atoms. The molecule has 2 heterocycles. The summed E-state index contributed by atoms with van der Waals surface area (Å²) in [4.78, 5) is 38.1. The van der Waals surface area contributed by atoms with Gasteiger partial charge in [-0.1, -0.05) is 0 Å². The van der Waals surface area contributed by atoms with Crippen LogP contribution in [0, 0.1) is 5.92 Å². The van der Waals surface area contributed by atoms with Crippen molar-refractivity contribution in [2.45, 2.75) is 37.8 Å². The van der Waals surface area contributed by atoms with E-state index in [1.165, 1.54) is 24.2 Å². The molecule has 27 heavy (non-hydrogen) atoms. The maximum Gasteiger partial charge on any atom is 0.317 e. The number of amides is 1. The number of aliphatic carboxylic acids is 1. The lowest BCUT2D eigenvalue weighted by atomic mass is 9.85. The zero-order chi connectivity index (χ0) is 18.8. The van der Waals surface area contributed by atoms with Crippen LogP contribution in [-0.2, 0) is 4.79 Å². The van der Waals surface area contributed by atoms with Crippen LogP contribution in [0.15, 0.2) is 24.0 Å². The molecule has 2 fully saturated rings. The maximum absolute atomic E-state index is 12.4. The van der Waals surface area contributed by atoms with Gasteiger partial charge in [-0.2, -0.15) is 0 Å². The predicted molar refractivity (Wildman–Crippen MR) is 99.3 cm³/mol. The number of thiazole rings is 1. The summed E-state index contributed by atoms with van der Waals surface area (Å²) >= 11 is 1.36. The number of carboxylic acids is 1. The first-order chi connectivity index (χ1) is 13.1. The van der Waals surface area contributed by atoms with Crippen LogP contribution in [0.4, 0.5) is 0 Å². The van der Waals surface area contributed by atoms with Gasteiger partial charge in [-0.15, -0.1) is 11.3 Å². The Hall–Kier alpha value is -2.39. The normalized spacial score (nSPS) is 21.7. The minimum absolute atomic E-state index is 0.0691. The molecule has 0 saturated heterocycles. The summed E-state index contributed by atoms with van der Waals surface area (Å²) in [7, 11) is 0. The Morgan fingerprint density at radius 1 is 1.30 bits per heavy atom. The molecule has 1 amide bonds. The number of carbonyl (C=O) groups excluding carboxylic acids is 1. The van der Waals surface area contributed by atoms with Crippen LogP contribution in [0.5, 0.6) is 0 Å². The highest BCUT2D eigenvalue weighted by Crippen LogP contribution is 2.34. The number of nitrogens with one attached hydrogen (secondary N) is 1. The maximum atomic E-state index is 12.4. The third-order valence-electron chi connectivity index (χ3n) is 5.01. The minimum atomic E-state index is -0.790. The first-order valence-corrected chi connectivity index (χ1v) is 9.95. The molecule has 9 heteroatoms. The van der Waals surface area contributed by atoms with Gasteiger partial charge in [0.15, 0.2) is 0 Å². The molecule has 2 aliphatic rings. The van der Waals surface area contributed by atoms with Crippen LogP contribution in [-0.4, -0.2) is 62.0 Å². The van der Waals surface area contributed by atoms with Gasteiger partial charge in [0.25, 0.3) is 5.91 Å². The van der Waals surface area contributed by atoms with Crippen LogP contribution in [0.25, 0.3) is 10.7 Å². The zero-order valence-corrected chi connectivity index (χ0v) is 15.6. The highest BCUT2D eigenvalue weighted by molar-refractivity contribution is 7.13. The molecule has 0 atom stereocenters. The largest absolute Gasteiger partial charge is 0.480 e. The zero-order valence-electron chi connectivity index (χ0n) is 14.7. The standard InChI is InChI=1S/C18H21N5O3S/c24-16(25)9-23(8-11-1-2-11)13-5-12(6-13)21-17(26)15-10-27-18(22-15)14-7-19-3-4-20-14/h3-4,7,10-13H,1-2,5-6,8-9H2,(H,21,26)(H,24,25). The van der Waals surface area contributed by atoms with E-state index in [0.717, 1.165) is 19.4 Å². The number of carboxylic acid groups (broad SMARTS) is 1. The number of rotatable bonds is 8. The minimum Gasteiger partial charge on any atom is -0.480 e. The lowest BCUT2D eigenvalue weighted by molar-refractivity contribution is -0.139. The van der Waals surface area contributed by atoms with Gasteiger partial charge < -0.3 is 10.4 Å². The van der Waals surface area contributed by atoms with Crippen LogP contribution in [0.1, 0.15) is 36.2 Å². The summed E-state index contributed by atoms with van der Waals surface area (Å²) in [5.74, 6) is -0.341. The first-order valence-electron chi connectivity index (χ1n) is 9.07. The van der Waals surface area contributed by atoms with E-state index in [2.05, 4.69) is 25.2 Å². The van der Waals surface area contributed by atoms with E-state index in [1.54, 1.807) is 24.0 Å². The van der Waals surface area contributed by atoms with Crippen molar-refractivity contribution in [3.05, 3.63) is 29.7 Å². The summed E-state index contributed by atoms with van der Waals surface area (Å²) in [6, 6.07) is 0.303. The molecule has 2 saturated carbocycles. The number of nitrogens with zero attached hydrogens (tertiary/aromatic N) is 4. The summed E-state index contributed by atoms with van der Waals surface area (Å²) < 4.78 is 0. The molecule has 2 aliphatic carbocycles. The van der Waals surface area contributed by atoms with Gasteiger partial charge in [0.2, 0.25) is 0 Å². The van der Waals surface area contributed by atoms with E-state index in [-0.39, 0.29) is 24.5 Å². The molecule has 0 radical (unpaired) electrons. The highest BCUT2D eigenvalue weighted by Gasteiger charge is 2.38. The summed E-state index contributed by atoms with van der Waals surface area (Å²) in [5, 5.41) is 14.5. The SMILES string of the molecule is O=C(O)CN(CC1CC1)C1CC(NC(=O)c2csc(-c3cnccn3)n2)C1. The fourth-order valence-corrected chi connectivity index (χ4v) is 4.08. The Labute approximate surface area is 160 Å². The number of hydrogen-bond donors (Lipinski definition) is 2. The van der Waals surface area contributed by atoms with E-state index in [9.17, 15) is 9.59 Å². The van der Waals surface area contributed by atoms with Gasteiger partial charge in [-0.25, -0.2) is 4.98 Å². The average Bonchev–Trinajstić information content (AvgIpc) is 3.29. The quantitative estimate of drug-likeness (QED) is 0.709. The van der Waals surface area contributed by atoms with Crippen molar-refractivity contribution in [3.63, 3.8) is 0 Å². The van der Waals surface area contributed by atoms with E-state index < -0.39 is 5.97 Å². The summed E-state index contributed by atoms with van der Waals surface area (Å²) in [6.07, 6.45) is 8.76. The lowest BCUT2D eigenvalue weighted by Crippen LogP contribution is -2.55. The Bertz CT molecular complexity index is 817. The number of hydrogen-bond acceptors (Lipinski definition) is 7. The van der Waals surface area contributed by atoms with Crippen LogP contribution >= 0.6 is 11.3 Å². The number of carbonyl (C=O) groups is 2. The summed E-state index contributed by atoms with van der Waals surface area (Å²) in [5.41, 5.74) is 1.03. The molecular formula is C18H21N5O3S. The second-order valence-electron chi connectivity index (χ2n) is 7.19. The molecule has 8 nitrogen and oxygen atoms in total. The lowest BCUT2D eigenvalue weighted by Gasteiger charge is -2.42. The van der Waals surface area contributed by atoms with Crippen LogP contribution in [0.2, 0.25) is 0 Å². The van der Waals surface area contributed by atoms with Gasteiger partial charge >= 0.3 is 5.97 Å². The molecule has 0 aliphatic heterocycles. The van der Waals surface area contributed by atoms with E-state index >= 15 is 0 Å². The molecule has 0 unspecified atom stereocenters. The van der Waals surface area contributed by atoms with E-state index in [1.807, 2.05) is 0 Å². The van der Waals surface area contributed by atoms with E-state index in [4.69, 9.17) is 5.11 Å². The van der Waals surface area contributed by atoms with Crippen molar-refractivity contribution >= 4 is 23.2 Å². The molecule has 2 N–H and O–H groups in total. The third kappa shape index (κ3) is 4.48. The van der Waals surface area contributed by atoms with Gasteiger partial charge in [0, 0.05) is 36.4 Å². The molecule has 0 spiro atoms. The van der Waals surface area contributed by atoms with Gasteiger partial charge in [-0.3, -0.25) is 24.5 Å². The fourth-order valence-electron chi connectivity index (χ4n) is 3.32. The fraction of sp³-hybridized carbons (Fsp3) is 0.500. The molecule has 2 aromatic heterocycles. The van der Waals surface area contributed by atoms with Crippen molar-refractivity contribution in [2.24, 2.45) is 5.92 Å². The molecule has 0 aromatic carbocycles. The Kier molecular flexibility index (Phi) is 5.13. The molecule has 2 aromatic rings. The molecular weight excluding hydrogens is 366 g/mol. The topological polar surface area (TPSA) is 108 Å². The van der Waals surface area contributed by atoms with Crippen LogP contribution in [0.3, 0.4) is 0 Å². The van der Waals surface area contributed by atoms with Crippen molar-refractivity contribution in [1.29, 1.82) is 0 Å². The average molecular weight is 387 g/mol. The van der Waals surface area contributed by atoms with Gasteiger partial charge in [0.1, 0.15) is 16.4 Å². The second kappa shape index (κ2) is 7.69. The summed E-state index contributed by atoms with van der Waals surface area (Å²) in [6.45, 7) is 0.931. The van der Waals surface area contributed by atoms with Gasteiger partial charge in [-0.05, 0) is 31.6 Å². The Balaban J connectivity index is 1.30. The van der Waals surface area contributed by atoms with Crippen molar-refractivity contribution in [3.8, 4) is 10.7 Å². The Morgan fingerprint density at radius 2 is 2.11 bits per heavy atom. The van der Waals surface area contributed by atoms with E-state index in [0.29, 0.717) is 22.3 Å². The smallest absolute Gasteiger partial charge is 0.317 e. The number of aromatic nitrogens is 3. The van der Waals surface area contributed by atoms with Gasteiger partial charge in [0.05, 0.1) is 12.7 Å². The predicted octanol–water partition coefficient (Wildman–Crippen LogP) is 1.66. The second-order valence-corrected chi connectivity index (χ2v) is 8.05. The van der Waals surface area contributed by atoms with Crippen molar-refractivity contribution in [1.82, 2.24) is 25.2 Å². The van der Waals surface area contributed by atoms with Crippen LogP contribution < -0.4 is 5.32 Å². The molecule has 4 rings (SSSR count). The van der Waals surface area contributed by atoms with Crippen molar-refractivity contribution < 1.29 is 14.7 Å². The van der Waals surface area contributed by atoms with Crippen molar-refractivity contribution in [2.75, 3.05) is 13.1 Å². The highest BCUT2D eigenvalue weighted by atomic mass is 32.1. The Morgan fingerprint density at radius 3 is 2.78 bits per heavy atom.